The minimum atomic E-state index is -4.50. The summed E-state index contributed by atoms with van der Waals surface area (Å²) in [6.07, 6.45) is -3.76. The Hall–Kier alpha value is -1.74. The molecule has 0 aromatic heterocycles. The maximum atomic E-state index is 12.5. The first-order chi connectivity index (χ1) is 8.49. The van der Waals surface area contributed by atoms with E-state index in [9.17, 15) is 13.2 Å². The van der Waals surface area contributed by atoms with Crippen LogP contribution in [-0.4, -0.2) is 20.3 Å². The van der Waals surface area contributed by atoms with Gasteiger partial charge in [-0.1, -0.05) is 0 Å². The molecule has 1 aromatic rings. The fraction of sp³-hybridized carbons (Fsp3) is 0.417. The Kier molecular flexibility index (Phi) is 4.98. The van der Waals surface area contributed by atoms with Gasteiger partial charge in [-0.05, 0) is 24.6 Å². The number of halogens is 3. The van der Waals surface area contributed by atoms with Crippen LogP contribution in [-0.2, 0) is 10.9 Å². The van der Waals surface area contributed by atoms with Gasteiger partial charge in [0.25, 0.3) is 0 Å². The summed E-state index contributed by atoms with van der Waals surface area (Å²) in [4.78, 5) is 0. The molecule has 1 N–H and O–H groups in total. The number of nitrogens with zero attached hydrogens (tertiary/aromatic N) is 1. The highest BCUT2D eigenvalue weighted by Gasteiger charge is 2.33. The summed E-state index contributed by atoms with van der Waals surface area (Å²) in [5.41, 5.74) is -0.790. The molecule has 18 heavy (non-hydrogen) atoms. The van der Waals surface area contributed by atoms with Gasteiger partial charge in [0.05, 0.1) is 17.2 Å². The molecule has 0 saturated carbocycles. The van der Waals surface area contributed by atoms with E-state index in [1.54, 1.807) is 13.2 Å². The van der Waals surface area contributed by atoms with Crippen LogP contribution >= 0.6 is 0 Å². The van der Waals surface area contributed by atoms with E-state index in [1.165, 1.54) is 12.1 Å². The van der Waals surface area contributed by atoms with Crippen LogP contribution < -0.4 is 5.32 Å². The van der Waals surface area contributed by atoms with E-state index in [2.05, 4.69) is 5.32 Å². The minimum Gasteiger partial charge on any atom is -0.385 e. The van der Waals surface area contributed by atoms with Crippen molar-refractivity contribution in [3.8, 4) is 6.07 Å². The number of methoxy groups -OCH3 is 1. The second-order valence-electron chi connectivity index (χ2n) is 3.64. The third-order valence-electron chi connectivity index (χ3n) is 2.30. The summed E-state index contributed by atoms with van der Waals surface area (Å²) in [7, 11) is 1.58. The SMILES string of the molecule is COCCCNc1ccc(C(F)(F)F)c(C#N)c1. The molecule has 1 rings (SSSR count). The van der Waals surface area contributed by atoms with Crippen LogP contribution in [0.5, 0.6) is 0 Å². The summed E-state index contributed by atoms with van der Waals surface area (Å²) in [6.45, 7) is 1.14. The second-order valence-corrected chi connectivity index (χ2v) is 3.64. The predicted octanol–water partition coefficient (Wildman–Crippen LogP) is 3.03. The minimum absolute atomic E-state index is 0.376. The van der Waals surface area contributed by atoms with Crippen molar-refractivity contribution in [3.63, 3.8) is 0 Å². The molecule has 0 atom stereocenters. The Morgan fingerprint density at radius 2 is 2.11 bits per heavy atom. The van der Waals surface area contributed by atoms with Crippen molar-refractivity contribution in [1.82, 2.24) is 0 Å². The Morgan fingerprint density at radius 3 is 2.67 bits per heavy atom. The summed E-state index contributed by atoms with van der Waals surface area (Å²) < 4.78 is 42.4. The van der Waals surface area contributed by atoms with E-state index in [1.807, 2.05) is 0 Å². The van der Waals surface area contributed by atoms with Gasteiger partial charge in [-0.2, -0.15) is 18.4 Å². The molecule has 0 spiro atoms. The lowest BCUT2D eigenvalue weighted by Gasteiger charge is -2.11. The first-order valence-electron chi connectivity index (χ1n) is 5.33. The molecule has 0 amide bonds. The zero-order valence-electron chi connectivity index (χ0n) is 9.84. The third kappa shape index (κ3) is 3.93. The van der Waals surface area contributed by atoms with Gasteiger partial charge >= 0.3 is 6.18 Å². The van der Waals surface area contributed by atoms with E-state index >= 15 is 0 Å². The summed E-state index contributed by atoms with van der Waals surface area (Å²) in [5, 5.41) is 11.7. The number of alkyl halides is 3. The van der Waals surface area contributed by atoms with Crippen molar-refractivity contribution in [2.75, 3.05) is 25.6 Å². The van der Waals surface area contributed by atoms with Crippen LogP contribution in [0.3, 0.4) is 0 Å². The fourth-order valence-corrected chi connectivity index (χ4v) is 1.44. The smallest absolute Gasteiger partial charge is 0.385 e. The first kappa shape index (κ1) is 14.3. The lowest BCUT2D eigenvalue weighted by atomic mass is 10.1. The highest BCUT2D eigenvalue weighted by atomic mass is 19.4. The van der Waals surface area contributed by atoms with Crippen LogP contribution in [0.2, 0.25) is 0 Å². The first-order valence-corrected chi connectivity index (χ1v) is 5.33. The molecule has 6 heteroatoms. The zero-order chi connectivity index (χ0) is 13.6. The van der Waals surface area contributed by atoms with Crippen molar-refractivity contribution in [1.29, 1.82) is 5.26 Å². The largest absolute Gasteiger partial charge is 0.417 e. The molecule has 0 radical (unpaired) electrons. The van der Waals surface area contributed by atoms with E-state index in [4.69, 9.17) is 10.00 Å². The molecule has 0 fully saturated rings. The van der Waals surface area contributed by atoms with Gasteiger partial charge in [0.15, 0.2) is 0 Å². The average molecular weight is 258 g/mol. The van der Waals surface area contributed by atoms with E-state index in [-0.39, 0.29) is 5.56 Å². The van der Waals surface area contributed by atoms with Crippen molar-refractivity contribution >= 4 is 5.69 Å². The third-order valence-corrected chi connectivity index (χ3v) is 2.30. The van der Waals surface area contributed by atoms with Gasteiger partial charge < -0.3 is 10.1 Å². The van der Waals surface area contributed by atoms with E-state index in [0.717, 1.165) is 12.5 Å². The molecular formula is C12H13F3N2O. The number of nitriles is 1. The molecule has 1 aromatic carbocycles. The molecule has 0 saturated heterocycles. The average Bonchev–Trinajstić information content (AvgIpc) is 2.33. The number of anilines is 1. The molecule has 0 aliphatic rings. The lowest BCUT2D eigenvalue weighted by Crippen LogP contribution is -2.09. The molecule has 0 aliphatic carbocycles. The highest BCUT2D eigenvalue weighted by molar-refractivity contribution is 5.53. The fourth-order valence-electron chi connectivity index (χ4n) is 1.44. The van der Waals surface area contributed by atoms with Gasteiger partial charge in [-0.3, -0.25) is 0 Å². The Balaban J connectivity index is 2.77. The lowest BCUT2D eigenvalue weighted by molar-refractivity contribution is -0.137. The molecule has 98 valence electrons. The molecule has 0 bridgehead atoms. The van der Waals surface area contributed by atoms with E-state index in [0.29, 0.717) is 18.8 Å². The van der Waals surface area contributed by atoms with Crippen molar-refractivity contribution in [3.05, 3.63) is 29.3 Å². The number of rotatable bonds is 5. The number of hydrogen-bond acceptors (Lipinski definition) is 3. The maximum Gasteiger partial charge on any atom is 0.417 e. The summed E-state index contributed by atoms with van der Waals surface area (Å²) >= 11 is 0. The quantitative estimate of drug-likeness (QED) is 0.826. The molecule has 0 heterocycles. The van der Waals surface area contributed by atoms with E-state index < -0.39 is 11.7 Å². The predicted molar refractivity (Wildman–Crippen MR) is 61.1 cm³/mol. The Bertz CT molecular complexity index is 438. The van der Waals surface area contributed by atoms with Gasteiger partial charge in [0, 0.05) is 25.9 Å². The normalized spacial score (nSPS) is 11.1. The number of nitrogens with one attached hydrogen (secondary N) is 1. The van der Waals surface area contributed by atoms with Crippen molar-refractivity contribution in [2.24, 2.45) is 0 Å². The molecule has 0 aliphatic heterocycles. The van der Waals surface area contributed by atoms with Gasteiger partial charge in [-0.25, -0.2) is 0 Å². The molecule has 3 nitrogen and oxygen atoms in total. The summed E-state index contributed by atoms with van der Waals surface area (Å²) in [6, 6.07) is 4.99. The Morgan fingerprint density at radius 1 is 1.39 bits per heavy atom. The van der Waals surface area contributed by atoms with Gasteiger partial charge in [-0.15, -0.1) is 0 Å². The summed E-state index contributed by atoms with van der Waals surface area (Å²) in [5.74, 6) is 0. The second kappa shape index (κ2) is 6.26. The number of hydrogen-bond donors (Lipinski definition) is 1. The van der Waals surface area contributed by atoms with Gasteiger partial charge in [0.1, 0.15) is 0 Å². The Labute approximate surface area is 103 Å². The van der Waals surface area contributed by atoms with Gasteiger partial charge in [0.2, 0.25) is 0 Å². The van der Waals surface area contributed by atoms with Crippen LogP contribution in [0.25, 0.3) is 0 Å². The van der Waals surface area contributed by atoms with Crippen LogP contribution in [0.4, 0.5) is 18.9 Å². The molecular weight excluding hydrogens is 245 g/mol. The monoisotopic (exact) mass is 258 g/mol. The van der Waals surface area contributed by atoms with Crippen molar-refractivity contribution in [2.45, 2.75) is 12.6 Å². The zero-order valence-corrected chi connectivity index (χ0v) is 9.84. The number of benzene rings is 1. The van der Waals surface area contributed by atoms with Crippen LogP contribution in [0, 0.1) is 11.3 Å². The standard InChI is InChI=1S/C12H13F3N2O/c1-18-6-2-5-17-10-3-4-11(12(13,14)15)9(7-10)8-16/h3-4,7,17H,2,5-6H2,1H3. The van der Waals surface area contributed by atoms with Crippen LogP contribution in [0.1, 0.15) is 17.5 Å². The highest BCUT2D eigenvalue weighted by Crippen LogP contribution is 2.32. The van der Waals surface area contributed by atoms with Crippen molar-refractivity contribution < 1.29 is 17.9 Å². The van der Waals surface area contributed by atoms with Crippen LogP contribution in [0.15, 0.2) is 18.2 Å². The topological polar surface area (TPSA) is 45.0 Å². The maximum absolute atomic E-state index is 12.5. The number of ether oxygens (including phenoxy) is 1. The molecule has 0 unspecified atom stereocenters.